The van der Waals surface area contributed by atoms with Gasteiger partial charge in [-0.1, -0.05) is 0 Å². The van der Waals surface area contributed by atoms with Crippen LogP contribution >= 0.6 is 0 Å². The van der Waals surface area contributed by atoms with E-state index in [1.807, 2.05) is 7.05 Å². The van der Waals surface area contributed by atoms with Crippen LogP contribution in [0.2, 0.25) is 0 Å². The monoisotopic (exact) mass is 323 g/mol. The molecule has 3 heterocycles. The summed E-state index contributed by atoms with van der Waals surface area (Å²) in [6.45, 7) is 11.1. The zero-order valence-corrected chi connectivity index (χ0v) is 14.8. The minimum absolute atomic E-state index is 0.748. The van der Waals surface area contributed by atoms with Crippen molar-refractivity contribution in [3.63, 3.8) is 0 Å². The third-order valence-electron chi connectivity index (χ3n) is 5.46. The molecular formula is C17H33N5O. The molecule has 2 unspecified atom stereocenters. The summed E-state index contributed by atoms with van der Waals surface area (Å²) >= 11 is 0. The van der Waals surface area contributed by atoms with Gasteiger partial charge >= 0.3 is 0 Å². The van der Waals surface area contributed by atoms with E-state index in [9.17, 15) is 0 Å². The van der Waals surface area contributed by atoms with Crippen LogP contribution in [-0.4, -0.2) is 100 Å². The molecule has 0 aliphatic carbocycles. The molecular weight excluding hydrogens is 290 g/mol. The fourth-order valence-electron chi connectivity index (χ4n) is 4.00. The topological polar surface area (TPSA) is 43.3 Å². The Morgan fingerprint density at radius 1 is 1.13 bits per heavy atom. The maximum Gasteiger partial charge on any atom is 0.193 e. The van der Waals surface area contributed by atoms with Gasteiger partial charge in [-0.3, -0.25) is 9.89 Å². The average Bonchev–Trinajstić information content (AvgIpc) is 3.21. The van der Waals surface area contributed by atoms with Gasteiger partial charge in [0.05, 0.1) is 6.61 Å². The van der Waals surface area contributed by atoms with Gasteiger partial charge in [-0.05, 0) is 38.3 Å². The zero-order valence-electron chi connectivity index (χ0n) is 14.8. The van der Waals surface area contributed by atoms with E-state index in [1.54, 1.807) is 0 Å². The number of likely N-dealkylation sites (tertiary alicyclic amines) is 1. The number of nitrogens with zero attached hydrogens (tertiary/aromatic N) is 4. The van der Waals surface area contributed by atoms with Crippen LogP contribution in [0.25, 0.3) is 0 Å². The van der Waals surface area contributed by atoms with E-state index in [-0.39, 0.29) is 0 Å². The molecule has 2 atom stereocenters. The van der Waals surface area contributed by atoms with E-state index in [4.69, 9.17) is 4.74 Å². The van der Waals surface area contributed by atoms with E-state index in [0.29, 0.717) is 0 Å². The summed E-state index contributed by atoms with van der Waals surface area (Å²) in [5.41, 5.74) is 0. The summed E-state index contributed by atoms with van der Waals surface area (Å²) in [6, 6.07) is 0. The highest BCUT2D eigenvalue weighted by Crippen LogP contribution is 2.16. The molecule has 0 aromatic heterocycles. The van der Waals surface area contributed by atoms with Gasteiger partial charge in [0.2, 0.25) is 0 Å². The molecule has 6 nitrogen and oxygen atoms in total. The molecule has 3 aliphatic heterocycles. The summed E-state index contributed by atoms with van der Waals surface area (Å²) in [4.78, 5) is 11.9. The van der Waals surface area contributed by atoms with Crippen LogP contribution in [0.15, 0.2) is 4.99 Å². The minimum atomic E-state index is 0.748. The lowest BCUT2D eigenvalue weighted by Gasteiger charge is -2.37. The molecule has 0 aromatic carbocycles. The van der Waals surface area contributed by atoms with Crippen molar-refractivity contribution in [3.8, 4) is 0 Å². The third-order valence-corrected chi connectivity index (χ3v) is 5.46. The van der Waals surface area contributed by atoms with Gasteiger partial charge in [0.25, 0.3) is 0 Å². The van der Waals surface area contributed by atoms with Gasteiger partial charge in [0.15, 0.2) is 5.96 Å². The predicted octanol–water partition coefficient (Wildman–Crippen LogP) is 0.168. The van der Waals surface area contributed by atoms with Gasteiger partial charge < -0.3 is 19.9 Å². The lowest BCUT2D eigenvalue weighted by molar-refractivity contribution is 0.139. The van der Waals surface area contributed by atoms with Crippen LogP contribution < -0.4 is 5.32 Å². The zero-order chi connectivity index (χ0) is 16.1. The summed E-state index contributed by atoms with van der Waals surface area (Å²) in [7, 11) is 4.12. The van der Waals surface area contributed by atoms with Crippen LogP contribution in [0.5, 0.6) is 0 Å². The van der Waals surface area contributed by atoms with Gasteiger partial charge in [-0.2, -0.15) is 0 Å². The molecule has 0 spiro atoms. The molecule has 132 valence electrons. The number of guanidine groups is 1. The van der Waals surface area contributed by atoms with Crippen molar-refractivity contribution in [1.82, 2.24) is 20.0 Å². The highest BCUT2D eigenvalue weighted by Gasteiger charge is 2.25. The summed E-state index contributed by atoms with van der Waals surface area (Å²) in [5, 5.41) is 3.60. The highest BCUT2D eigenvalue weighted by molar-refractivity contribution is 5.80. The Hall–Kier alpha value is -0.850. The molecule has 3 fully saturated rings. The van der Waals surface area contributed by atoms with Gasteiger partial charge in [-0.15, -0.1) is 0 Å². The number of piperazine rings is 1. The first-order valence-electron chi connectivity index (χ1n) is 9.19. The Kier molecular flexibility index (Phi) is 6.14. The Bertz CT molecular complexity index is 388. The first-order chi connectivity index (χ1) is 11.2. The van der Waals surface area contributed by atoms with E-state index < -0.39 is 0 Å². The number of ether oxygens (including phenoxy) is 1. The first-order valence-corrected chi connectivity index (χ1v) is 9.19. The summed E-state index contributed by atoms with van der Waals surface area (Å²) in [6.07, 6.45) is 2.54. The lowest BCUT2D eigenvalue weighted by Crippen LogP contribution is -2.53. The smallest absolute Gasteiger partial charge is 0.193 e. The van der Waals surface area contributed by atoms with Gasteiger partial charge in [0.1, 0.15) is 0 Å². The van der Waals surface area contributed by atoms with Crippen molar-refractivity contribution in [2.24, 2.45) is 16.8 Å². The molecule has 0 radical (unpaired) electrons. The maximum atomic E-state index is 5.49. The molecule has 23 heavy (non-hydrogen) atoms. The molecule has 1 N–H and O–H groups in total. The second-order valence-corrected chi connectivity index (χ2v) is 7.36. The average molecular weight is 323 g/mol. The van der Waals surface area contributed by atoms with Crippen molar-refractivity contribution in [3.05, 3.63) is 0 Å². The van der Waals surface area contributed by atoms with Crippen LogP contribution in [0.1, 0.15) is 12.8 Å². The summed E-state index contributed by atoms with van der Waals surface area (Å²) < 4.78 is 5.49. The fourth-order valence-corrected chi connectivity index (χ4v) is 4.00. The van der Waals surface area contributed by atoms with Gasteiger partial charge in [-0.25, -0.2) is 0 Å². The van der Waals surface area contributed by atoms with Crippen LogP contribution in [-0.2, 0) is 4.74 Å². The summed E-state index contributed by atoms with van der Waals surface area (Å²) in [5.74, 6) is 2.60. The van der Waals surface area contributed by atoms with Crippen LogP contribution in [0.3, 0.4) is 0 Å². The lowest BCUT2D eigenvalue weighted by atomic mass is 10.1. The number of nitrogens with one attached hydrogen (secondary N) is 1. The standard InChI is InChI=1S/C17H33N5O/c1-18-17(19-11-15-3-5-20(2)12-15)22-8-6-21(7-9-22)13-16-4-10-23-14-16/h15-16H,3-14H2,1-2H3,(H,18,19). The Labute approximate surface area is 140 Å². The predicted molar refractivity (Wildman–Crippen MR) is 93.9 cm³/mol. The van der Waals surface area contributed by atoms with E-state index >= 15 is 0 Å². The van der Waals surface area contributed by atoms with Crippen molar-refractivity contribution < 1.29 is 4.74 Å². The van der Waals surface area contributed by atoms with Crippen molar-refractivity contribution >= 4 is 5.96 Å². The van der Waals surface area contributed by atoms with Crippen molar-refractivity contribution in [1.29, 1.82) is 0 Å². The second kappa shape index (κ2) is 8.31. The van der Waals surface area contributed by atoms with E-state index in [0.717, 1.165) is 63.7 Å². The molecule has 0 bridgehead atoms. The van der Waals surface area contributed by atoms with Crippen LogP contribution in [0.4, 0.5) is 0 Å². The third kappa shape index (κ3) is 4.81. The Morgan fingerprint density at radius 3 is 2.57 bits per heavy atom. The van der Waals surface area contributed by atoms with Crippen LogP contribution in [0, 0.1) is 11.8 Å². The molecule has 0 aromatic rings. The van der Waals surface area contributed by atoms with E-state index in [2.05, 4.69) is 32.1 Å². The number of hydrogen-bond donors (Lipinski definition) is 1. The molecule has 0 saturated carbocycles. The second-order valence-electron chi connectivity index (χ2n) is 7.36. The molecule has 3 rings (SSSR count). The SMILES string of the molecule is CN=C(NCC1CCN(C)C1)N1CCN(CC2CCOC2)CC1. The Morgan fingerprint density at radius 2 is 1.96 bits per heavy atom. The quantitative estimate of drug-likeness (QED) is 0.590. The molecule has 0 amide bonds. The molecule has 3 aliphatic rings. The number of aliphatic imine (C=N–C) groups is 1. The number of hydrogen-bond acceptors (Lipinski definition) is 4. The number of rotatable bonds is 4. The minimum Gasteiger partial charge on any atom is -0.381 e. The normalized spacial score (nSPS) is 31.0. The highest BCUT2D eigenvalue weighted by atomic mass is 16.5. The maximum absolute atomic E-state index is 5.49. The molecule has 3 saturated heterocycles. The first kappa shape index (κ1) is 17.0. The Balaban J connectivity index is 1.38. The largest absolute Gasteiger partial charge is 0.381 e. The van der Waals surface area contributed by atoms with Gasteiger partial charge in [0, 0.05) is 59.5 Å². The van der Waals surface area contributed by atoms with E-state index in [1.165, 1.54) is 32.5 Å². The fraction of sp³-hybridized carbons (Fsp3) is 0.941. The molecule has 6 heteroatoms. The van der Waals surface area contributed by atoms with Crippen molar-refractivity contribution in [2.45, 2.75) is 12.8 Å². The van der Waals surface area contributed by atoms with Crippen molar-refractivity contribution in [2.75, 3.05) is 79.7 Å².